The Labute approximate surface area is 155 Å². The molecule has 26 heavy (non-hydrogen) atoms. The fourth-order valence-corrected chi connectivity index (χ4v) is 3.02. The lowest BCUT2D eigenvalue weighted by Gasteiger charge is -2.22. The van der Waals surface area contributed by atoms with Crippen LogP contribution in [0.25, 0.3) is 0 Å². The van der Waals surface area contributed by atoms with Gasteiger partial charge in [-0.05, 0) is 31.3 Å². The van der Waals surface area contributed by atoms with Crippen molar-refractivity contribution >= 4 is 44.4 Å². The van der Waals surface area contributed by atoms with Crippen LogP contribution in [-0.2, 0) is 14.6 Å². The molecule has 0 fully saturated rings. The highest BCUT2D eigenvalue weighted by molar-refractivity contribution is 7.90. The lowest BCUT2D eigenvalue weighted by atomic mass is 10.3. The van der Waals surface area contributed by atoms with Gasteiger partial charge in [-0.1, -0.05) is 0 Å². The maximum atomic E-state index is 12.3. The molecule has 0 radical (unpaired) electrons. The third-order valence-corrected chi connectivity index (χ3v) is 4.27. The summed E-state index contributed by atoms with van der Waals surface area (Å²) in [6.07, 6.45) is 2.64. The molecule has 10 nitrogen and oxygen atoms in total. The molecule has 0 heterocycles. The second kappa shape index (κ2) is 9.07. The van der Waals surface area contributed by atoms with Gasteiger partial charge >= 0.3 is 0 Å². The van der Waals surface area contributed by atoms with Gasteiger partial charge < -0.3 is 10.6 Å². The quantitative estimate of drug-likeness (QED) is 0.221. The number of hydrogen-bond acceptors (Lipinski definition) is 7. The minimum Gasteiger partial charge on any atom is -0.350 e. The summed E-state index contributed by atoms with van der Waals surface area (Å²) in [6, 6.07) is 4.10. The first-order chi connectivity index (χ1) is 12.1. The van der Waals surface area contributed by atoms with Gasteiger partial charge in [-0.25, -0.2) is 13.3 Å². The molecule has 1 atom stereocenters. The Morgan fingerprint density at radius 1 is 1.42 bits per heavy atom. The number of rotatable bonds is 7. The molecule has 2 N–H and O–H groups in total. The van der Waals surface area contributed by atoms with E-state index in [4.69, 9.17) is 17.5 Å². The van der Waals surface area contributed by atoms with E-state index in [1.807, 2.05) is 0 Å². The molecule has 0 aliphatic heterocycles. The fraction of sp³-hybridized carbons (Fsp3) is 0.357. The van der Waals surface area contributed by atoms with Crippen LogP contribution in [-0.4, -0.2) is 53.9 Å². The summed E-state index contributed by atoms with van der Waals surface area (Å²) in [4.78, 5) is 23.2. The number of nitriles is 1. The number of carbonyl (C=O) groups excluding carboxylic acids is 1. The molecular weight excluding hydrogens is 382 g/mol. The minimum atomic E-state index is -3.53. The molecule has 0 aliphatic rings. The molecule has 0 aliphatic carbocycles. The number of anilines is 1. The van der Waals surface area contributed by atoms with E-state index in [1.165, 1.54) is 24.3 Å². The van der Waals surface area contributed by atoms with Crippen LogP contribution in [0.5, 0.6) is 0 Å². The Kier molecular flexibility index (Phi) is 7.41. The Balaban J connectivity index is 2.89. The SMILES string of the molecule is CCN(C#N)C(=O)C(CS(C)(=O)=O)NC(=S)Nc1ccc([N+](=O)[O-])cc1. The summed E-state index contributed by atoms with van der Waals surface area (Å²) in [5, 5.41) is 24.8. The van der Waals surface area contributed by atoms with Gasteiger partial charge in [0.25, 0.3) is 11.6 Å². The maximum absolute atomic E-state index is 12.3. The molecule has 12 heteroatoms. The van der Waals surface area contributed by atoms with Gasteiger partial charge in [-0.2, -0.15) is 5.26 Å². The first kappa shape index (κ1) is 21.3. The first-order valence-electron chi connectivity index (χ1n) is 7.28. The third-order valence-electron chi connectivity index (χ3n) is 3.11. The molecule has 1 aromatic carbocycles. The van der Waals surface area contributed by atoms with Crippen LogP contribution in [0.1, 0.15) is 6.92 Å². The van der Waals surface area contributed by atoms with Crippen molar-refractivity contribution in [3.8, 4) is 6.19 Å². The number of non-ortho nitro benzene ring substituents is 1. The van der Waals surface area contributed by atoms with Crippen LogP contribution in [0.2, 0.25) is 0 Å². The van der Waals surface area contributed by atoms with Gasteiger partial charge in [-0.15, -0.1) is 0 Å². The van der Waals surface area contributed by atoms with E-state index in [1.54, 1.807) is 13.1 Å². The van der Waals surface area contributed by atoms with Crippen molar-refractivity contribution < 1.29 is 18.1 Å². The molecule has 0 aromatic heterocycles. The molecule has 0 saturated carbocycles. The fourth-order valence-electron chi connectivity index (χ4n) is 1.93. The predicted molar refractivity (Wildman–Crippen MR) is 99.0 cm³/mol. The summed E-state index contributed by atoms with van der Waals surface area (Å²) in [5.41, 5.74) is 0.304. The average Bonchev–Trinajstić information content (AvgIpc) is 2.54. The monoisotopic (exact) mass is 399 g/mol. The Morgan fingerprint density at radius 3 is 2.42 bits per heavy atom. The molecule has 140 valence electrons. The van der Waals surface area contributed by atoms with Crippen molar-refractivity contribution in [3.63, 3.8) is 0 Å². The zero-order valence-corrected chi connectivity index (χ0v) is 15.6. The van der Waals surface area contributed by atoms with Crippen LogP contribution in [0.15, 0.2) is 24.3 Å². The van der Waals surface area contributed by atoms with Crippen LogP contribution in [0.4, 0.5) is 11.4 Å². The number of nitrogens with zero attached hydrogens (tertiary/aromatic N) is 3. The predicted octanol–water partition coefficient (Wildman–Crippen LogP) is 0.624. The summed E-state index contributed by atoms with van der Waals surface area (Å²) >= 11 is 5.06. The molecule has 1 aromatic rings. The summed E-state index contributed by atoms with van der Waals surface area (Å²) in [5.74, 6) is -1.28. The standard InChI is InChI=1S/C14H17N5O5S2/c1-3-18(9-15)13(20)12(8-26(2,23)24)17-14(25)16-10-4-6-11(7-5-10)19(21)22/h4-7,12H,3,8H2,1-2H3,(H2,16,17,25). The van der Waals surface area contributed by atoms with Crippen molar-refractivity contribution in [3.05, 3.63) is 34.4 Å². The molecule has 1 rings (SSSR count). The lowest BCUT2D eigenvalue weighted by molar-refractivity contribution is -0.384. The maximum Gasteiger partial charge on any atom is 0.269 e. The van der Waals surface area contributed by atoms with Crippen molar-refractivity contribution in [2.75, 3.05) is 23.9 Å². The number of amides is 1. The van der Waals surface area contributed by atoms with Gasteiger partial charge in [-0.3, -0.25) is 14.9 Å². The first-order valence-corrected chi connectivity index (χ1v) is 9.75. The van der Waals surface area contributed by atoms with Crippen molar-refractivity contribution in [1.29, 1.82) is 5.26 Å². The number of carbonyl (C=O) groups is 1. The van der Waals surface area contributed by atoms with Crippen LogP contribution in [0, 0.1) is 21.6 Å². The average molecular weight is 399 g/mol. The third kappa shape index (κ3) is 6.61. The van der Waals surface area contributed by atoms with Crippen molar-refractivity contribution in [2.45, 2.75) is 13.0 Å². The Bertz CT molecular complexity index is 832. The van der Waals surface area contributed by atoms with Gasteiger partial charge in [0.2, 0.25) is 0 Å². The van der Waals surface area contributed by atoms with E-state index in [2.05, 4.69) is 10.6 Å². The largest absolute Gasteiger partial charge is 0.350 e. The zero-order valence-electron chi connectivity index (χ0n) is 14.0. The van der Waals surface area contributed by atoms with Crippen LogP contribution < -0.4 is 10.6 Å². The summed E-state index contributed by atoms with van der Waals surface area (Å²) in [6.45, 7) is 1.66. The smallest absolute Gasteiger partial charge is 0.269 e. The molecule has 0 spiro atoms. The molecule has 1 unspecified atom stereocenters. The summed E-state index contributed by atoms with van der Waals surface area (Å²) in [7, 11) is -3.53. The highest BCUT2D eigenvalue weighted by Crippen LogP contribution is 2.15. The topological polar surface area (TPSA) is 145 Å². The van der Waals surface area contributed by atoms with Gasteiger partial charge in [0.1, 0.15) is 15.9 Å². The number of nitrogens with one attached hydrogen (secondary N) is 2. The van der Waals surface area contributed by atoms with E-state index >= 15 is 0 Å². The lowest BCUT2D eigenvalue weighted by Crippen LogP contribution is -2.51. The molecule has 0 bridgehead atoms. The highest BCUT2D eigenvalue weighted by atomic mass is 32.2. The summed E-state index contributed by atoms with van der Waals surface area (Å²) < 4.78 is 23.1. The number of nitro groups is 1. The number of hydrogen-bond donors (Lipinski definition) is 2. The number of sulfone groups is 1. The van der Waals surface area contributed by atoms with Crippen molar-refractivity contribution in [1.82, 2.24) is 10.2 Å². The Hall–Kier alpha value is -2.78. The Morgan fingerprint density at radius 2 is 2.00 bits per heavy atom. The number of benzene rings is 1. The van der Waals surface area contributed by atoms with Crippen LogP contribution in [0.3, 0.4) is 0 Å². The second-order valence-electron chi connectivity index (χ2n) is 5.23. The van der Waals surface area contributed by atoms with E-state index in [-0.39, 0.29) is 17.3 Å². The van der Waals surface area contributed by atoms with E-state index in [0.29, 0.717) is 5.69 Å². The zero-order chi connectivity index (χ0) is 19.9. The van der Waals surface area contributed by atoms with Gasteiger partial charge in [0, 0.05) is 30.6 Å². The molecule has 1 amide bonds. The van der Waals surface area contributed by atoms with Crippen molar-refractivity contribution in [2.24, 2.45) is 0 Å². The molecule has 0 saturated heterocycles. The van der Waals surface area contributed by atoms with E-state index in [0.717, 1.165) is 11.2 Å². The van der Waals surface area contributed by atoms with Gasteiger partial charge in [0.15, 0.2) is 11.3 Å². The second-order valence-corrected chi connectivity index (χ2v) is 7.82. The number of likely N-dealkylation sites (N-methyl/N-ethyl adjacent to an activating group) is 1. The number of nitro benzene ring substituents is 1. The van der Waals surface area contributed by atoms with Gasteiger partial charge in [0.05, 0.1) is 10.7 Å². The van der Waals surface area contributed by atoms with Crippen LogP contribution >= 0.6 is 12.2 Å². The highest BCUT2D eigenvalue weighted by Gasteiger charge is 2.28. The molecular formula is C14H17N5O5S2. The number of thiocarbonyl (C=S) groups is 1. The van der Waals surface area contributed by atoms with E-state index < -0.39 is 32.5 Å². The normalized spacial score (nSPS) is 11.7. The minimum absolute atomic E-state index is 0.0603. The van der Waals surface area contributed by atoms with E-state index in [9.17, 15) is 23.3 Å².